The predicted octanol–water partition coefficient (Wildman–Crippen LogP) is 5.23. The van der Waals surface area contributed by atoms with Crippen LogP contribution in [0.15, 0.2) is 64.2 Å². The highest BCUT2D eigenvalue weighted by Crippen LogP contribution is 2.29. The monoisotopic (exact) mass is 406 g/mol. The number of thioether (sulfide) groups is 1. The first-order chi connectivity index (χ1) is 14.2. The zero-order valence-corrected chi connectivity index (χ0v) is 17.4. The first-order valence-corrected chi connectivity index (χ1v) is 10.4. The van der Waals surface area contributed by atoms with Gasteiger partial charge in [0.1, 0.15) is 11.5 Å². The van der Waals surface area contributed by atoms with Gasteiger partial charge < -0.3 is 13.7 Å². The van der Waals surface area contributed by atoms with E-state index in [2.05, 4.69) is 26.7 Å². The lowest BCUT2D eigenvalue weighted by Crippen LogP contribution is -2.00. The molecule has 0 saturated carbocycles. The summed E-state index contributed by atoms with van der Waals surface area (Å²) in [5.74, 6) is 3.81. The van der Waals surface area contributed by atoms with Crippen molar-refractivity contribution in [2.45, 2.75) is 31.3 Å². The second-order valence-corrected chi connectivity index (χ2v) is 7.40. The Bertz CT molecular complexity index is 1090. The molecule has 7 heteroatoms. The largest absolute Gasteiger partial charge is 0.497 e. The van der Waals surface area contributed by atoms with Crippen LogP contribution >= 0.6 is 11.8 Å². The summed E-state index contributed by atoms with van der Waals surface area (Å²) in [7, 11) is 1.66. The van der Waals surface area contributed by atoms with Crippen molar-refractivity contribution in [3.8, 4) is 28.6 Å². The highest BCUT2D eigenvalue weighted by molar-refractivity contribution is 7.98. The summed E-state index contributed by atoms with van der Waals surface area (Å²) >= 11 is 1.61. The molecule has 0 aliphatic heterocycles. The first kappa shape index (κ1) is 19.3. The molecular weight excluding hydrogens is 384 g/mol. The van der Waals surface area contributed by atoms with Gasteiger partial charge in [0.2, 0.25) is 5.89 Å². The van der Waals surface area contributed by atoms with Crippen LogP contribution in [0.5, 0.6) is 5.75 Å². The van der Waals surface area contributed by atoms with Gasteiger partial charge in [-0.05, 0) is 50.2 Å². The van der Waals surface area contributed by atoms with Crippen molar-refractivity contribution in [1.29, 1.82) is 0 Å². The molecule has 0 N–H and O–H groups in total. The molecule has 0 fully saturated rings. The maximum Gasteiger partial charge on any atom is 0.226 e. The van der Waals surface area contributed by atoms with Crippen molar-refractivity contribution in [3.05, 3.63) is 66.1 Å². The van der Waals surface area contributed by atoms with Gasteiger partial charge >= 0.3 is 0 Å². The van der Waals surface area contributed by atoms with Gasteiger partial charge in [-0.15, -0.1) is 10.2 Å². The van der Waals surface area contributed by atoms with E-state index in [0.717, 1.165) is 45.9 Å². The molecule has 0 aliphatic rings. The van der Waals surface area contributed by atoms with Crippen LogP contribution in [0.2, 0.25) is 0 Å². The fraction of sp³-hybridized carbons (Fsp3) is 0.227. The second-order valence-electron chi connectivity index (χ2n) is 6.46. The summed E-state index contributed by atoms with van der Waals surface area (Å²) in [5.41, 5.74) is 2.91. The Balaban J connectivity index is 1.53. The van der Waals surface area contributed by atoms with Crippen LogP contribution in [-0.2, 0) is 12.3 Å². The molecule has 0 bridgehead atoms. The fourth-order valence-electron chi connectivity index (χ4n) is 3.03. The number of methoxy groups -OCH3 is 1. The van der Waals surface area contributed by atoms with Crippen molar-refractivity contribution < 1.29 is 9.15 Å². The van der Waals surface area contributed by atoms with Gasteiger partial charge in [-0.25, -0.2) is 4.98 Å². The summed E-state index contributed by atoms with van der Waals surface area (Å²) in [5, 5.41) is 9.67. The minimum atomic E-state index is 0.648. The molecule has 6 nitrogen and oxygen atoms in total. The molecule has 0 atom stereocenters. The van der Waals surface area contributed by atoms with E-state index in [4.69, 9.17) is 9.15 Å². The van der Waals surface area contributed by atoms with Crippen LogP contribution in [0.25, 0.3) is 22.8 Å². The summed E-state index contributed by atoms with van der Waals surface area (Å²) in [6, 6.07) is 17.8. The summed E-state index contributed by atoms with van der Waals surface area (Å²) in [4.78, 5) is 4.68. The molecule has 2 aromatic heterocycles. The minimum Gasteiger partial charge on any atom is -0.497 e. The van der Waals surface area contributed by atoms with Gasteiger partial charge in [-0.1, -0.05) is 30.0 Å². The van der Waals surface area contributed by atoms with E-state index < -0.39 is 0 Å². The minimum absolute atomic E-state index is 0.648. The van der Waals surface area contributed by atoms with Crippen molar-refractivity contribution in [1.82, 2.24) is 19.7 Å². The zero-order valence-electron chi connectivity index (χ0n) is 16.6. The smallest absolute Gasteiger partial charge is 0.226 e. The Morgan fingerprint density at radius 2 is 1.76 bits per heavy atom. The lowest BCUT2D eigenvalue weighted by Gasteiger charge is -2.07. The lowest BCUT2D eigenvalue weighted by atomic mass is 10.2. The number of hydrogen-bond donors (Lipinski definition) is 0. The zero-order chi connectivity index (χ0) is 20.2. The van der Waals surface area contributed by atoms with Gasteiger partial charge in [0.25, 0.3) is 0 Å². The normalized spacial score (nSPS) is 11.0. The van der Waals surface area contributed by atoms with Crippen molar-refractivity contribution in [2.75, 3.05) is 7.11 Å². The van der Waals surface area contributed by atoms with Crippen molar-refractivity contribution in [2.24, 2.45) is 0 Å². The molecule has 0 amide bonds. The molecule has 0 radical (unpaired) electrons. The van der Waals surface area contributed by atoms with E-state index in [-0.39, 0.29) is 0 Å². The molecule has 4 aromatic rings. The van der Waals surface area contributed by atoms with Crippen LogP contribution < -0.4 is 4.74 Å². The summed E-state index contributed by atoms with van der Waals surface area (Å²) in [6.07, 6.45) is 0. The van der Waals surface area contributed by atoms with E-state index in [9.17, 15) is 0 Å². The lowest BCUT2D eigenvalue weighted by molar-refractivity contribution is 0.415. The number of nitrogens with zero attached hydrogens (tertiary/aromatic N) is 4. The predicted molar refractivity (Wildman–Crippen MR) is 114 cm³/mol. The molecule has 29 heavy (non-hydrogen) atoms. The van der Waals surface area contributed by atoms with Crippen LogP contribution in [0.3, 0.4) is 0 Å². The van der Waals surface area contributed by atoms with E-state index in [1.807, 2.05) is 61.5 Å². The third kappa shape index (κ3) is 4.05. The highest BCUT2D eigenvalue weighted by Gasteiger charge is 2.16. The number of ether oxygens (including phenoxy) is 1. The third-order valence-electron chi connectivity index (χ3n) is 4.63. The molecule has 4 rings (SSSR count). The SMILES string of the molecule is CCn1c(SCc2nc(-c3ccccc3)oc2C)nnc1-c1ccc(OC)cc1. The van der Waals surface area contributed by atoms with E-state index in [1.165, 1.54) is 0 Å². The average molecular weight is 407 g/mol. The molecule has 2 heterocycles. The van der Waals surface area contributed by atoms with Gasteiger partial charge in [-0.2, -0.15) is 0 Å². The highest BCUT2D eigenvalue weighted by atomic mass is 32.2. The molecule has 2 aromatic carbocycles. The number of oxazole rings is 1. The van der Waals surface area contributed by atoms with Crippen LogP contribution in [0.1, 0.15) is 18.4 Å². The summed E-state index contributed by atoms with van der Waals surface area (Å²) < 4.78 is 13.2. The van der Waals surface area contributed by atoms with Gasteiger partial charge in [-0.3, -0.25) is 0 Å². The first-order valence-electron chi connectivity index (χ1n) is 9.41. The number of rotatable bonds is 7. The average Bonchev–Trinajstić information content (AvgIpc) is 3.35. The quantitative estimate of drug-likeness (QED) is 0.392. The maximum atomic E-state index is 5.86. The van der Waals surface area contributed by atoms with Gasteiger partial charge in [0.05, 0.1) is 12.8 Å². The fourth-order valence-corrected chi connectivity index (χ4v) is 4.04. The topological polar surface area (TPSA) is 66.0 Å². The number of aromatic nitrogens is 4. The maximum absolute atomic E-state index is 5.86. The number of benzene rings is 2. The van der Waals surface area contributed by atoms with E-state index in [1.54, 1.807) is 18.9 Å². The Hall–Kier alpha value is -3.06. The Morgan fingerprint density at radius 3 is 2.45 bits per heavy atom. The molecule has 0 aliphatic carbocycles. The molecule has 148 valence electrons. The van der Waals surface area contributed by atoms with Gasteiger partial charge in [0.15, 0.2) is 11.0 Å². The molecule has 0 saturated heterocycles. The molecule has 0 unspecified atom stereocenters. The standard InChI is InChI=1S/C22H22N4O2S/c1-4-26-20(16-10-12-18(27-3)13-11-16)24-25-22(26)29-14-19-15(2)28-21(23-19)17-8-6-5-7-9-17/h5-13H,4,14H2,1-3H3. The van der Waals surface area contributed by atoms with E-state index >= 15 is 0 Å². The Morgan fingerprint density at radius 1 is 1.00 bits per heavy atom. The van der Waals surface area contributed by atoms with Crippen molar-refractivity contribution >= 4 is 11.8 Å². The van der Waals surface area contributed by atoms with Crippen LogP contribution in [0, 0.1) is 6.92 Å². The third-order valence-corrected chi connectivity index (χ3v) is 5.61. The van der Waals surface area contributed by atoms with Crippen LogP contribution in [-0.4, -0.2) is 26.9 Å². The van der Waals surface area contributed by atoms with Gasteiger partial charge in [0, 0.05) is 23.4 Å². The second kappa shape index (κ2) is 8.53. The summed E-state index contributed by atoms with van der Waals surface area (Å²) in [6.45, 7) is 4.82. The Kier molecular flexibility index (Phi) is 5.67. The number of aryl methyl sites for hydroxylation is 1. The van der Waals surface area contributed by atoms with Crippen LogP contribution in [0.4, 0.5) is 0 Å². The Labute approximate surface area is 174 Å². The number of hydrogen-bond acceptors (Lipinski definition) is 6. The molecular formula is C22H22N4O2S. The van der Waals surface area contributed by atoms with E-state index in [0.29, 0.717) is 11.6 Å². The molecule has 0 spiro atoms. The van der Waals surface area contributed by atoms with Crippen molar-refractivity contribution in [3.63, 3.8) is 0 Å².